The van der Waals surface area contributed by atoms with Crippen molar-refractivity contribution < 1.29 is 4.84 Å². The third kappa shape index (κ3) is 3.37. The Bertz CT molecular complexity index is 467. The molecule has 0 aliphatic carbocycles. The molecule has 0 aliphatic rings. The van der Waals surface area contributed by atoms with Crippen LogP contribution in [0.1, 0.15) is 17.0 Å². The Hall–Kier alpha value is -1.72. The van der Waals surface area contributed by atoms with E-state index in [4.69, 9.17) is 4.84 Å². The van der Waals surface area contributed by atoms with E-state index in [2.05, 4.69) is 15.7 Å². The van der Waals surface area contributed by atoms with Crippen LogP contribution in [-0.4, -0.2) is 15.0 Å². The molecule has 0 aliphatic heterocycles. The summed E-state index contributed by atoms with van der Waals surface area (Å²) >= 11 is 0. The van der Waals surface area contributed by atoms with Gasteiger partial charge < -0.3 is 0 Å². The maximum absolute atomic E-state index is 5.36. The zero-order chi connectivity index (χ0) is 12.1. The highest BCUT2D eigenvalue weighted by Gasteiger charge is 2.03. The van der Waals surface area contributed by atoms with Gasteiger partial charge in [0.2, 0.25) is 0 Å². The van der Waals surface area contributed by atoms with Gasteiger partial charge in [0, 0.05) is 7.05 Å². The van der Waals surface area contributed by atoms with Crippen LogP contribution in [0.25, 0.3) is 0 Å². The van der Waals surface area contributed by atoms with E-state index >= 15 is 0 Å². The molecule has 0 radical (unpaired) electrons. The molecular weight excluding hydrogens is 216 g/mol. The van der Waals surface area contributed by atoms with Crippen LogP contribution in [-0.2, 0) is 25.0 Å². The van der Waals surface area contributed by atoms with Gasteiger partial charge in [-0.2, -0.15) is 20.5 Å². The number of aryl methyl sites for hydroxylation is 2. The number of hydroxylamine groups is 1. The third-order valence-electron chi connectivity index (χ3n) is 2.40. The van der Waals surface area contributed by atoms with Crippen LogP contribution in [0.5, 0.6) is 0 Å². The van der Waals surface area contributed by atoms with Gasteiger partial charge in [-0.15, -0.1) is 0 Å². The molecule has 2 rings (SSSR count). The number of hydrogen-bond donors (Lipinski definition) is 1. The summed E-state index contributed by atoms with van der Waals surface area (Å²) in [5.74, 6) is 0. The van der Waals surface area contributed by atoms with Crippen molar-refractivity contribution in [3.05, 3.63) is 47.3 Å². The van der Waals surface area contributed by atoms with Crippen LogP contribution in [0.3, 0.4) is 0 Å². The summed E-state index contributed by atoms with van der Waals surface area (Å²) in [6, 6.07) is 10.0. The Labute approximate surface area is 100 Å². The van der Waals surface area contributed by atoms with Crippen LogP contribution in [0.2, 0.25) is 0 Å². The lowest BCUT2D eigenvalue weighted by Gasteiger charge is -2.04. The molecule has 0 saturated heterocycles. The summed E-state index contributed by atoms with van der Waals surface area (Å²) in [6.45, 7) is 3.04. The van der Waals surface area contributed by atoms with E-state index in [0.717, 1.165) is 17.0 Å². The minimum Gasteiger partial charge on any atom is -0.297 e. The molecular formula is C12H16N4O. The highest BCUT2D eigenvalue weighted by molar-refractivity contribution is 5.13. The summed E-state index contributed by atoms with van der Waals surface area (Å²) in [6.07, 6.45) is 0. The lowest BCUT2D eigenvalue weighted by Crippen LogP contribution is -2.15. The molecule has 1 aromatic carbocycles. The SMILES string of the molecule is Cc1nn(C)nc1CNOCc1ccccc1. The van der Waals surface area contributed by atoms with Gasteiger partial charge in [-0.3, -0.25) is 4.84 Å². The number of aromatic nitrogens is 3. The molecule has 0 unspecified atom stereocenters. The number of rotatable bonds is 5. The first-order valence-corrected chi connectivity index (χ1v) is 5.51. The van der Waals surface area contributed by atoms with E-state index in [0.29, 0.717) is 13.2 Å². The van der Waals surface area contributed by atoms with Crippen molar-refractivity contribution in [2.45, 2.75) is 20.1 Å². The van der Waals surface area contributed by atoms with Gasteiger partial charge in [-0.25, -0.2) is 0 Å². The summed E-state index contributed by atoms with van der Waals surface area (Å²) in [4.78, 5) is 6.92. The molecule has 5 nitrogen and oxygen atoms in total. The predicted molar refractivity (Wildman–Crippen MR) is 63.8 cm³/mol. The molecule has 0 spiro atoms. The first-order valence-electron chi connectivity index (χ1n) is 5.51. The molecule has 1 heterocycles. The Kier molecular flexibility index (Phi) is 3.85. The van der Waals surface area contributed by atoms with Crippen LogP contribution in [0.15, 0.2) is 30.3 Å². The Morgan fingerprint density at radius 3 is 2.65 bits per heavy atom. The van der Waals surface area contributed by atoms with E-state index in [1.54, 1.807) is 11.8 Å². The first kappa shape index (κ1) is 11.8. The second kappa shape index (κ2) is 5.56. The van der Waals surface area contributed by atoms with E-state index in [-0.39, 0.29) is 0 Å². The Morgan fingerprint density at radius 2 is 2.00 bits per heavy atom. The highest BCUT2D eigenvalue weighted by Crippen LogP contribution is 2.01. The van der Waals surface area contributed by atoms with E-state index < -0.39 is 0 Å². The van der Waals surface area contributed by atoms with Gasteiger partial charge in [0.05, 0.1) is 18.8 Å². The molecule has 0 atom stereocenters. The molecule has 0 saturated carbocycles. The topological polar surface area (TPSA) is 52.0 Å². The molecule has 1 aromatic heterocycles. The van der Waals surface area contributed by atoms with E-state index in [9.17, 15) is 0 Å². The second-order valence-corrected chi connectivity index (χ2v) is 3.82. The van der Waals surface area contributed by atoms with Crippen molar-refractivity contribution in [3.8, 4) is 0 Å². The number of nitrogens with zero attached hydrogens (tertiary/aromatic N) is 3. The van der Waals surface area contributed by atoms with Gasteiger partial charge in [-0.1, -0.05) is 30.3 Å². The van der Waals surface area contributed by atoms with Gasteiger partial charge in [-0.05, 0) is 12.5 Å². The average Bonchev–Trinajstić information content (AvgIpc) is 2.65. The van der Waals surface area contributed by atoms with Crippen molar-refractivity contribution in [2.75, 3.05) is 0 Å². The van der Waals surface area contributed by atoms with Crippen molar-refractivity contribution in [1.29, 1.82) is 0 Å². The molecule has 90 valence electrons. The van der Waals surface area contributed by atoms with E-state index in [1.165, 1.54) is 0 Å². The molecule has 0 fully saturated rings. The quantitative estimate of drug-likeness (QED) is 0.624. The summed E-state index contributed by atoms with van der Waals surface area (Å²) in [7, 11) is 1.81. The zero-order valence-corrected chi connectivity index (χ0v) is 10.1. The maximum Gasteiger partial charge on any atom is 0.102 e. The lowest BCUT2D eigenvalue weighted by atomic mass is 10.2. The van der Waals surface area contributed by atoms with Gasteiger partial charge in [0.1, 0.15) is 5.69 Å². The van der Waals surface area contributed by atoms with Crippen LogP contribution in [0, 0.1) is 6.92 Å². The molecule has 2 aromatic rings. The zero-order valence-electron chi connectivity index (χ0n) is 10.1. The van der Waals surface area contributed by atoms with Crippen molar-refractivity contribution in [2.24, 2.45) is 7.05 Å². The Morgan fingerprint density at radius 1 is 1.24 bits per heavy atom. The average molecular weight is 232 g/mol. The summed E-state index contributed by atoms with van der Waals surface area (Å²) in [5.41, 5.74) is 5.85. The summed E-state index contributed by atoms with van der Waals surface area (Å²) in [5, 5.41) is 8.38. The summed E-state index contributed by atoms with van der Waals surface area (Å²) < 4.78 is 0. The molecule has 0 bridgehead atoms. The van der Waals surface area contributed by atoms with Gasteiger partial charge in [0.15, 0.2) is 0 Å². The Balaban J connectivity index is 1.75. The monoisotopic (exact) mass is 232 g/mol. The highest BCUT2D eigenvalue weighted by atomic mass is 16.6. The van der Waals surface area contributed by atoms with Crippen LogP contribution >= 0.6 is 0 Å². The van der Waals surface area contributed by atoms with Crippen LogP contribution < -0.4 is 5.48 Å². The fourth-order valence-electron chi connectivity index (χ4n) is 1.54. The molecule has 5 heteroatoms. The first-order chi connectivity index (χ1) is 8.25. The van der Waals surface area contributed by atoms with Crippen LogP contribution in [0.4, 0.5) is 0 Å². The predicted octanol–water partition coefficient (Wildman–Crippen LogP) is 1.34. The van der Waals surface area contributed by atoms with Crippen molar-refractivity contribution in [1.82, 2.24) is 20.5 Å². The van der Waals surface area contributed by atoms with Gasteiger partial charge >= 0.3 is 0 Å². The third-order valence-corrected chi connectivity index (χ3v) is 2.40. The standard InChI is InChI=1S/C12H16N4O/c1-10-12(15-16(2)14-10)8-13-17-9-11-6-4-3-5-7-11/h3-7,13H,8-9H2,1-2H3. The van der Waals surface area contributed by atoms with Crippen molar-refractivity contribution >= 4 is 0 Å². The molecule has 17 heavy (non-hydrogen) atoms. The fourth-order valence-corrected chi connectivity index (χ4v) is 1.54. The second-order valence-electron chi connectivity index (χ2n) is 3.82. The largest absolute Gasteiger partial charge is 0.297 e. The number of benzene rings is 1. The number of hydrogen-bond acceptors (Lipinski definition) is 4. The molecule has 0 amide bonds. The smallest absolute Gasteiger partial charge is 0.102 e. The maximum atomic E-state index is 5.36. The number of nitrogens with one attached hydrogen (secondary N) is 1. The normalized spacial score (nSPS) is 10.7. The van der Waals surface area contributed by atoms with E-state index in [1.807, 2.05) is 37.3 Å². The van der Waals surface area contributed by atoms with Gasteiger partial charge in [0.25, 0.3) is 0 Å². The fraction of sp³-hybridized carbons (Fsp3) is 0.333. The minimum atomic E-state index is 0.542. The molecule has 1 N–H and O–H groups in total. The lowest BCUT2D eigenvalue weighted by molar-refractivity contribution is 0.0227. The van der Waals surface area contributed by atoms with Crippen molar-refractivity contribution in [3.63, 3.8) is 0 Å². The minimum absolute atomic E-state index is 0.542.